The van der Waals surface area contributed by atoms with Gasteiger partial charge in [-0.1, -0.05) is 54.6 Å². The van der Waals surface area contributed by atoms with E-state index in [-0.39, 0.29) is 12.4 Å². The third-order valence-corrected chi connectivity index (χ3v) is 5.30. The van der Waals surface area contributed by atoms with E-state index in [2.05, 4.69) is 0 Å². The first-order valence-electron chi connectivity index (χ1n) is 6.49. The summed E-state index contributed by atoms with van der Waals surface area (Å²) >= 11 is 0. The summed E-state index contributed by atoms with van der Waals surface area (Å²) in [6.07, 6.45) is 0. The van der Waals surface area contributed by atoms with Crippen molar-refractivity contribution in [1.29, 1.82) is 0 Å². The number of sulfone groups is 1. The number of rotatable bonds is 5. The zero-order chi connectivity index (χ0) is 14.6. The standard InChI is InChI=1S/C16H18O3S/c1-13-7-5-6-10-15(13)16(20(18,19)12-11-17)14-8-3-2-4-9-14/h2-10,16-17H,11-12H2,1H3/t16-/m0/s1. The summed E-state index contributed by atoms with van der Waals surface area (Å²) in [5.41, 5.74) is 2.44. The molecule has 0 aliphatic carbocycles. The van der Waals surface area contributed by atoms with Crippen LogP contribution in [0.25, 0.3) is 0 Å². The Kier molecular flexibility index (Phi) is 4.57. The molecule has 1 N–H and O–H groups in total. The number of hydrogen-bond donors (Lipinski definition) is 1. The van der Waals surface area contributed by atoms with Gasteiger partial charge in [-0.2, -0.15) is 0 Å². The fraction of sp³-hybridized carbons (Fsp3) is 0.250. The first-order valence-corrected chi connectivity index (χ1v) is 8.20. The second-order valence-corrected chi connectivity index (χ2v) is 6.94. The smallest absolute Gasteiger partial charge is 0.163 e. The van der Waals surface area contributed by atoms with E-state index in [1.54, 1.807) is 0 Å². The number of hydrogen-bond acceptors (Lipinski definition) is 3. The molecular formula is C16H18O3S. The fourth-order valence-electron chi connectivity index (χ4n) is 2.33. The zero-order valence-corrected chi connectivity index (χ0v) is 12.2. The van der Waals surface area contributed by atoms with Crippen molar-refractivity contribution < 1.29 is 13.5 Å². The largest absolute Gasteiger partial charge is 0.395 e. The van der Waals surface area contributed by atoms with Gasteiger partial charge in [-0.3, -0.25) is 0 Å². The lowest BCUT2D eigenvalue weighted by molar-refractivity contribution is 0.319. The lowest BCUT2D eigenvalue weighted by Gasteiger charge is -2.20. The van der Waals surface area contributed by atoms with Gasteiger partial charge in [-0.15, -0.1) is 0 Å². The van der Waals surface area contributed by atoms with Crippen molar-refractivity contribution in [3.05, 3.63) is 71.3 Å². The number of aliphatic hydroxyl groups is 1. The molecule has 2 aromatic rings. The molecule has 4 heteroatoms. The normalized spacial score (nSPS) is 13.1. The predicted octanol–water partition coefficient (Wildman–Crippen LogP) is 2.49. The fourth-order valence-corrected chi connectivity index (χ4v) is 4.05. The average molecular weight is 290 g/mol. The van der Waals surface area contributed by atoms with E-state index in [1.807, 2.05) is 61.5 Å². The third-order valence-electron chi connectivity index (χ3n) is 3.31. The van der Waals surface area contributed by atoms with Crippen LogP contribution in [-0.2, 0) is 9.84 Å². The molecule has 0 radical (unpaired) electrons. The quantitative estimate of drug-likeness (QED) is 0.920. The Morgan fingerprint density at radius 1 is 1.00 bits per heavy atom. The van der Waals surface area contributed by atoms with Crippen molar-refractivity contribution in [2.45, 2.75) is 12.2 Å². The van der Waals surface area contributed by atoms with Gasteiger partial charge in [0.1, 0.15) is 5.25 Å². The summed E-state index contributed by atoms with van der Waals surface area (Å²) in [5, 5.41) is 8.31. The van der Waals surface area contributed by atoms with Gasteiger partial charge in [0.05, 0.1) is 12.4 Å². The van der Waals surface area contributed by atoms with E-state index in [0.717, 1.165) is 16.7 Å². The van der Waals surface area contributed by atoms with Gasteiger partial charge in [0.15, 0.2) is 9.84 Å². The van der Waals surface area contributed by atoms with Crippen molar-refractivity contribution in [2.24, 2.45) is 0 Å². The Hall–Kier alpha value is -1.65. The Morgan fingerprint density at radius 2 is 1.60 bits per heavy atom. The van der Waals surface area contributed by atoms with Gasteiger partial charge in [0.25, 0.3) is 0 Å². The van der Waals surface area contributed by atoms with E-state index < -0.39 is 15.1 Å². The van der Waals surface area contributed by atoms with Crippen molar-refractivity contribution in [1.82, 2.24) is 0 Å². The summed E-state index contributed by atoms with van der Waals surface area (Å²) < 4.78 is 25.0. The molecule has 0 bridgehead atoms. The molecule has 0 aliphatic heterocycles. The Labute approximate surface area is 119 Å². The minimum Gasteiger partial charge on any atom is -0.395 e. The van der Waals surface area contributed by atoms with Crippen molar-refractivity contribution in [2.75, 3.05) is 12.4 Å². The molecule has 0 fully saturated rings. The van der Waals surface area contributed by atoms with E-state index in [0.29, 0.717) is 0 Å². The van der Waals surface area contributed by atoms with Crippen LogP contribution >= 0.6 is 0 Å². The first-order chi connectivity index (χ1) is 9.56. The highest BCUT2D eigenvalue weighted by Gasteiger charge is 2.29. The van der Waals surface area contributed by atoms with E-state index >= 15 is 0 Å². The third kappa shape index (κ3) is 3.08. The molecule has 0 amide bonds. The molecule has 3 nitrogen and oxygen atoms in total. The lowest BCUT2D eigenvalue weighted by atomic mass is 10.0. The lowest BCUT2D eigenvalue weighted by Crippen LogP contribution is -2.20. The molecule has 0 unspecified atom stereocenters. The van der Waals surface area contributed by atoms with E-state index in [4.69, 9.17) is 5.11 Å². The van der Waals surface area contributed by atoms with E-state index in [9.17, 15) is 8.42 Å². The van der Waals surface area contributed by atoms with Crippen molar-refractivity contribution in [3.63, 3.8) is 0 Å². The molecule has 1 atom stereocenters. The summed E-state index contributed by atoms with van der Waals surface area (Å²) in [5.74, 6) is -0.235. The predicted molar refractivity (Wildman–Crippen MR) is 80.3 cm³/mol. The Morgan fingerprint density at radius 3 is 2.20 bits per heavy atom. The second kappa shape index (κ2) is 6.20. The highest BCUT2D eigenvalue weighted by Crippen LogP contribution is 2.32. The van der Waals surface area contributed by atoms with Crippen LogP contribution in [0.15, 0.2) is 54.6 Å². The van der Waals surface area contributed by atoms with Crippen LogP contribution in [0.3, 0.4) is 0 Å². The topological polar surface area (TPSA) is 54.4 Å². The molecule has 106 valence electrons. The molecule has 0 saturated carbocycles. The Bertz CT molecular complexity index is 663. The highest BCUT2D eigenvalue weighted by atomic mass is 32.2. The zero-order valence-electron chi connectivity index (χ0n) is 11.4. The molecule has 0 heterocycles. The van der Waals surface area contributed by atoms with Crippen LogP contribution in [0.5, 0.6) is 0 Å². The van der Waals surface area contributed by atoms with Gasteiger partial charge in [-0.05, 0) is 23.6 Å². The van der Waals surface area contributed by atoms with Crippen LogP contribution in [-0.4, -0.2) is 25.9 Å². The first kappa shape index (κ1) is 14.8. The van der Waals surface area contributed by atoms with Crippen LogP contribution in [0, 0.1) is 6.92 Å². The number of aryl methyl sites for hydroxylation is 1. The second-order valence-electron chi connectivity index (χ2n) is 4.74. The van der Waals surface area contributed by atoms with Gasteiger partial charge in [-0.25, -0.2) is 8.42 Å². The van der Waals surface area contributed by atoms with Crippen LogP contribution in [0.2, 0.25) is 0 Å². The SMILES string of the molecule is Cc1ccccc1[C@H](c1ccccc1)S(=O)(=O)CCO. The molecule has 2 rings (SSSR count). The average Bonchev–Trinajstić information content (AvgIpc) is 2.42. The minimum absolute atomic E-state index is 0.235. The maximum atomic E-state index is 12.5. The molecule has 0 saturated heterocycles. The molecule has 20 heavy (non-hydrogen) atoms. The van der Waals surface area contributed by atoms with Gasteiger partial charge in [0, 0.05) is 0 Å². The minimum atomic E-state index is -3.45. The monoisotopic (exact) mass is 290 g/mol. The van der Waals surface area contributed by atoms with Crippen LogP contribution in [0.1, 0.15) is 21.9 Å². The van der Waals surface area contributed by atoms with Gasteiger partial charge < -0.3 is 5.11 Å². The Balaban J connectivity index is 2.60. The van der Waals surface area contributed by atoms with Gasteiger partial charge in [0.2, 0.25) is 0 Å². The number of benzene rings is 2. The summed E-state index contributed by atoms with van der Waals surface area (Å²) in [6, 6.07) is 16.6. The summed E-state index contributed by atoms with van der Waals surface area (Å²) in [4.78, 5) is 0. The molecule has 0 aliphatic rings. The van der Waals surface area contributed by atoms with Crippen molar-refractivity contribution >= 4 is 9.84 Å². The molecule has 2 aromatic carbocycles. The number of aliphatic hydroxyl groups excluding tert-OH is 1. The maximum Gasteiger partial charge on any atom is 0.163 e. The van der Waals surface area contributed by atoms with Crippen LogP contribution < -0.4 is 0 Å². The van der Waals surface area contributed by atoms with Crippen LogP contribution in [0.4, 0.5) is 0 Å². The molecule has 0 aromatic heterocycles. The summed E-state index contributed by atoms with van der Waals surface area (Å²) in [7, 11) is -3.45. The van der Waals surface area contributed by atoms with Gasteiger partial charge >= 0.3 is 0 Å². The van der Waals surface area contributed by atoms with Crippen molar-refractivity contribution in [3.8, 4) is 0 Å². The summed E-state index contributed by atoms with van der Waals surface area (Å²) in [6.45, 7) is 1.54. The maximum absolute atomic E-state index is 12.5. The molecular weight excluding hydrogens is 272 g/mol. The molecule has 0 spiro atoms. The van der Waals surface area contributed by atoms with E-state index in [1.165, 1.54) is 0 Å². The highest BCUT2D eigenvalue weighted by molar-refractivity contribution is 7.91.